The van der Waals surface area contributed by atoms with Crippen LogP contribution in [0.4, 0.5) is 14.0 Å². The van der Waals surface area contributed by atoms with Gasteiger partial charge < -0.3 is 9.47 Å². The monoisotopic (exact) mass is 300 g/mol. The van der Waals surface area contributed by atoms with Crippen molar-refractivity contribution in [2.24, 2.45) is 0 Å². The minimum atomic E-state index is -1.67. The molecule has 7 nitrogen and oxygen atoms in total. The summed E-state index contributed by atoms with van der Waals surface area (Å²) in [6, 6.07) is 0. The molecule has 0 aromatic rings. The van der Waals surface area contributed by atoms with E-state index in [9.17, 15) is 18.8 Å². The second-order valence-electron chi connectivity index (χ2n) is 4.24. The molecule has 1 atom stereocenters. The summed E-state index contributed by atoms with van der Waals surface area (Å²) >= 11 is 0. The summed E-state index contributed by atoms with van der Waals surface area (Å²) in [5, 5.41) is 0.642. The molecule has 0 aliphatic heterocycles. The van der Waals surface area contributed by atoms with Crippen LogP contribution in [0.3, 0.4) is 0 Å². The quantitative estimate of drug-likeness (QED) is 0.804. The number of allylic oxidation sites excluding steroid dienone is 2. The third kappa shape index (κ3) is 3.80. The van der Waals surface area contributed by atoms with Crippen molar-refractivity contribution in [2.45, 2.75) is 26.3 Å². The maximum absolute atomic E-state index is 14.1. The topological polar surface area (TPSA) is 84.9 Å². The lowest BCUT2D eigenvalue weighted by atomic mass is 9.94. The first kappa shape index (κ1) is 16.7. The molecule has 0 aromatic carbocycles. The van der Waals surface area contributed by atoms with Crippen molar-refractivity contribution in [1.29, 1.82) is 0 Å². The molecule has 0 fully saturated rings. The average molecular weight is 300 g/mol. The zero-order chi connectivity index (χ0) is 16.0. The summed E-state index contributed by atoms with van der Waals surface area (Å²) in [6.45, 7) is 4.56. The fraction of sp³-hybridized carbons (Fsp3) is 0.462. The molecule has 116 valence electrons. The average Bonchev–Trinajstić information content (AvgIpc) is 2.41. The summed E-state index contributed by atoms with van der Waals surface area (Å²) in [7, 11) is 0. The Morgan fingerprint density at radius 3 is 2.48 bits per heavy atom. The van der Waals surface area contributed by atoms with Gasteiger partial charge in [0.25, 0.3) is 0 Å². The Kier molecular flexibility index (Phi) is 5.45. The summed E-state index contributed by atoms with van der Waals surface area (Å²) < 4.78 is 23.6. The van der Waals surface area contributed by atoms with E-state index in [-0.39, 0.29) is 13.2 Å². The minimum Gasteiger partial charge on any atom is -0.449 e. The Balaban J connectivity index is 3.08. The van der Waals surface area contributed by atoms with Crippen LogP contribution in [-0.2, 0) is 14.3 Å². The third-order valence-electron chi connectivity index (χ3n) is 2.72. The molecule has 1 aliphatic rings. The molecular weight excluding hydrogens is 283 g/mol. The number of halogens is 1. The minimum absolute atomic E-state index is 0.0316. The van der Waals surface area contributed by atoms with E-state index < -0.39 is 29.3 Å². The summed E-state index contributed by atoms with van der Waals surface area (Å²) in [5.41, 5.74) is 0.439. The van der Waals surface area contributed by atoms with Crippen molar-refractivity contribution >= 4 is 18.0 Å². The molecule has 8 heteroatoms. The van der Waals surface area contributed by atoms with Crippen LogP contribution in [0.15, 0.2) is 24.1 Å². The molecule has 0 bridgehead atoms. The van der Waals surface area contributed by atoms with E-state index in [1.807, 2.05) is 0 Å². The number of hydrazine groups is 1. The molecule has 1 rings (SSSR count). The standard InChI is InChI=1S/C13H17FN2O5/c1-4-20-11(18)15-16(12(19)21-5-2)13(3)7-6-9(17)8-10(13)14/h6-8H,4-5H2,1-3H3,(H,15,18). The summed E-state index contributed by atoms with van der Waals surface area (Å²) in [4.78, 5) is 34.6. The number of hydrogen-bond donors (Lipinski definition) is 1. The van der Waals surface area contributed by atoms with Gasteiger partial charge in [0.2, 0.25) is 0 Å². The first-order chi connectivity index (χ1) is 9.85. The number of carbonyl (C=O) groups excluding carboxylic acids is 3. The van der Waals surface area contributed by atoms with E-state index in [0.717, 1.165) is 18.2 Å². The predicted octanol–water partition coefficient (Wildman–Crippen LogP) is 1.86. The molecule has 0 heterocycles. The van der Waals surface area contributed by atoms with Crippen LogP contribution in [0.2, 0.25) is 0 Å². The molecule has 0 aromatic heterocycles. The van der Waals surface area contributed by atoms with Gasteiger partial charge in [-0.05, 0) is 32.9 Å². The Morgan fingerprint density at radius 2 is 1.95 bits per heavy atom. The van der Waals surface area contributed by atoms with Crippen LogP contribution < -0.4 is 5.43 Å². The highest BCUT2D eigenvalue weighted by Gasteiger charge is 2.42. The lowest BCUT2D eigenvalue weighted by Gasteiger charge is -2.37. The second kappa shape index (κ2) is 6.87. The predicted molar refractivity (Wildman–Crippen MR) is 70.8 cm³/mol. The zero-order valence-electron chi connectivity index (χ0n) is 12.0. The Labute approximate surface area is 121 Å². The number of rotatable bonds is 3. The van der Waals surface area contributed by atoms with Gasteiger partial charge >= 0.3 is 12.2 Å². The zero-order valence-corrected chi connectivity index (χ0v) is 12.0. The largest absolute Gasteiger partial charge is 0.449 e. The first-order valence-electron chi connectivity index (χ1n) is 6.36. The van der Waals surface area contributed by atoms with Gasteiger partial charge in [-0.25, -0.2) is 19.4 Å². The van der Waals surface area contributed by atoms with E-state index in [4.69, 9.17) is 4.74 Å². The van der Waals surface area contributed by atoms with Crippen LogP contribution in [0, 0.1) is 0 Å². The van der Waals surface area contributed by atoms with Gasteiger partial charge in [-0.3, -0.25) is 4.79 Å². The van der Waals surface area contributed by atoms with Gasteiger partial charge in [0, 0.05) is 6.08 Å². The van der Waals surface area contributed by atoms with Crippen molar-refractivity contribution in [3.05, 3.63) is 24.1 Å². The number of ketones is 1. The number of nitrogens with one attached hydrogen (secondary N) is 1. The van der Waals surface area contributed by atoms with Crippen LogP contribution in [0.25, 0.3) is 0 Å². The maximum atomic E-state index is 14.1. The van der Waals surface area contributed by atoms with Crippen molar-refractivity contribution in [1.82, 2.24) is 10.4 Å². The van der Waals surface area contributed by atoms with E-state index in [1.54, 1.807) is 13.8 Å². The lowest BCUT2D eigenvalue weighted by Crippen LogP contribution is -2.59. The normalized spacial score (nSPS) is 20.6. The van der Waals surface area contributed by atoms with E-state index in [2.05, 4.69) is 10.2 Å². The smallest absolute Gasteiger partial charge is 0.430 e. The van der Waals surface area contributed by atoms with Gasteiger partial charge in [0.15, 0.2) is 5.78 Å². The van der Waals surface area contributed by atoms with Crippen molar-refractivity contribution in [2.75, 3.05) is 13.2 Å². The Morgan fingerprint density at radius 1 is 1.33 bits per heavy atom. The van der Waals surface area contributed by atoms with Gasteiger partial charge in [-0.2, -0.15) is 5.01 Å². The van der Waals surface area contributed by atoms with Crippen LogP contribution in [0.5, 0.6) is 0 Å². The fourth-order valence-corrected chi connectivity index (χ4v) is 1.62. The summed E-state index contributed by atoms with van der Waals surface area (Å²) in [5.74, 6) is -1.45. The lowest BCUT2D eigenvalue weighted by molar-refractivity contribution is -0.110. The molecule has 1 unspecified atom stereocenters. The number of hydrogen-bond acceptors (Lipinski definition) is 5. The highest BCUT2D eigenvalue weighted by molar-refractivity contribution is 6.01. The van der Waals surface area contributed by atoms with Gasteiger partial charge in [-0.15, -0.1) is 0 Å². The van der Waals surface area contributed by atoms with Gasteiger partial charge in [0.05, 0.1) is 13.2 Å². The molecule has 1 N–H and O–H groups in total. The SMILES string of the molecule is CCOC(=O)NN(C(=O)OCC)C1(C)C=CC(=O)C=C1F. The molecule has 0 radical (unpaired) electrons. The molecule has 21 heavy (non-hydrogen) atoms. The van der Waals surface area contributed by atoms with Gasteiger partial charge in [-0.1, -0.05) is 0 Å². The van der Waals surface area contributed by atoms with E-state index in [1.165, 1.54) is 6.92 Å². The molecule has 2 amide bonds. The molecule has 0 spiro atoms. The van der Waals surface area contributed by atoms with Gasteiger partial charge in [0.1, 0.15) is 11.4 Å². The molecule has 0 saturated carbocycles. The highest BCUT2D eigenvalue weighted by Crippen LogP contribution is 2.29. The molecule has 0 saturated heterocycles. The number of nitrogens with zero attached hydrogens (tertiary/aromatic N) is 1. The number of ether oxygens (including phenoxy) is 2. The second-order valence-corrected chi connectivity index (χ2v) is 4.24. The summed E-state index contributed by atoms with van der Waals surface area (Å²) in [6.07, 6.45) is 1.08. The van der Waals surface area contributed by atoms with Crippen LogP contribution >= 0.6 is 0 Å². The van der Waals surface area contributed by atoms with Crippen molar-refractivity contribution in [3.63, 3.8) is 0 Å². The van der Waals surface area contributed by atoms with Crippen molar-refractivity contribution in [3.8, 4) is 0 Å². The highest BCUT2D eigenvalue weighted by atomic mass is 19.1. The van der Waals surface area contributed by atoms with Crippen molar-refractivity contribution < 1.29 is 28.2 Å². The Bertz CT molecular complexity index is 503. The molecular formula is C13H17FN2O5. The Hall–Kier alpha value is -2.38. The maximum Gasteiger partial charge on any atom is 0.430 e. The van der Waals surface area contributed by atoms with Crippen LogP contribution in [0.1, 0.15) is 20.8 Å². The fourth-order valence-electron chi connectivity index (χ4n) is 1.62. The third-order valence-corrected chi connectivity index (χ3v) is 2.72. The van der Waals surface area contributed by atoms with Crippen LogP contribution in [-0.4, -0.2) is 41.7 Å². The van der Waals surface area contributed by atoms with E-state index >= 15 is 0 Å². The van der Waals surface area contributed by atoms with E-state index in [0.29, 0.717) is 5.01 Å². The first-order valence-corrected chi connectivity index (χ1v) is 6.36. The number of amides is 2. The number of carbonyl (C=O) groups is 3. The molecule has 1 aliphatic carbocycles.